The minimum atomic E-state index is -0.995. The van der Waals surface area contributed by atoms with E-state index in [2.05, 4.69) is 16.0 Å². The molecule has 1 aliphatic carbocycles. The predicted octanol–water partition coefficient (Wildman–Crippen LogP) is 4.41. The molecule has 0 aromatic heterocycles. The fourth-order valence-electron chi connectivity index (χ4n) is 4.33. The standard InChI is InChI=1S/C29H37N3O6/c1-29(2,3)38-28(37)30-15-5-4-12-25(33)32-23-11-7-10-22(17-23)26(34)31-18-24(27(35)36)21-14-13-19-8-6-9-20(19)16-21/h7,10-11,13-14,16-17,24H,4-6,8-9,12,15,18H2,1-3H3,(H,30,37)(H,31,34)(H,32,33)(H,35,36). The van der Waals surface area contributed by atoms with Gasteiger partial charge in [-0.2, -0.15) is 0 Å². The number of hydrogen-bond donors (Lipinski definition) is 4. The summed E-state index contributed by atoms with van der Waals surface area (Å²) in [4.78, 5) is 48.6. The van der Waals surface area contributed by atoms with Gasteiger partial charge >= 0.3 is 12.1 Å². The highest BCUT2D eigenvalue weighted by Gasteiger charge is 2.23. The van der Waals surface area contributed by atoms with Gasteiger partial charge in [0.05, 0.1) is 5.92 Å². The lowest BCUT2D eigenvalue weighted by Crippen LogP contribution is -2.33. The van der Waals surface area contributed by atoms with Crippen molar-refractivity contribution >= 4 is 29.6 Å². The van der Waals surface area contributed by atoms with Gasteiger partial charge in [0.1, 0.15) is 5.60 Å². The highest BCUT2D eigenvalue weighted by Crippen LogP contribution is 2.26. The number of amides is 3. The summed E-state index contributed by atoms with van der Waals surface area (Å²) in [7, 11) is 0. The zero-order valence-electron chi connectivity index (χ0n) is 22.3. The van der Waals surface area contributed by atoms with Gasteiger partial charge in [0.15, 0.2) is 0 Å². The second-order valence-electron chi connectivity index (χ2n) is 10.5. The van der Waals surface area contributed by atoms with E-state index in [-0.39, 0.29) is 18.9 Å². The lowest BCUT2D eigenvalue weighted by atomic mass is 9.95. The maximum Gasteiger partial charge on any atom is 0.407 e. The topological polar surface area (TPSA) is 134 Å². The van der Waals surface area contributed by atoms with E-state index in [1.54, 1.807) is 45.0 Å². The van der Waals surface area contributed by atoms with Gasteiger partial charge in [0.2, 0.25) is 5.91 Å². The first-order valence-corrected chi connectivity index (χ1v) is 13.0. The van der Waals surface area contributed by atoms with Crippen LogP contribution in [0.5, 0.6) is 0 Å². The molecule has 9 nitrogen and oxygen atoms in total. The van der Waals surface area contributed by atoms with Crippen molar-refractivity contribution in [1.82, 2.24) is 10.6 Å². The van der Waals surface area contributed by atoms with Crippen LogP contribution in [0, 0.1) is 0 Å². The molecule has 38 heavy (non-hydrogen) atoms. The molecule has 0 radical (unpaired) electrons. The van der Waals surface area contributed by atoms with Crippen molar-refractivity contribution < 1.29 is 29.0 Å². The van der Waals surface area contributed by atoms with Crippen LogP contribution in [0.15, 0.2) is 42.5 Å². The number of hydrogen-bond acceptors (Lipinski definition) is 5. The van der Waals surface area contributed by atoms with Gasteiger partial charge in [-0.05, 0) is 87.8 Å². The van der Waals surface area contributed by atoms with Crippen LogP contribution in [0.3, 0.4) is 0 Å². The lowest BCUT2D eigenvalue weighted by Gasteiger charge is -2.19. The van der Waals surface area contributed by atoms with Crippen molar-refractivity contribution in [2.24, 2.45) is 0 Å². The molecule has 4 N–H and O–H groups in total. The molecular formula is C29H37N3O6. The highest BCUT2D eigenvalue weighted by atomic mass is 16.6. The third-order valence-corrected chi connectivity index (χ3v) is 6.20. The number of rotatable bonds is 11. The van der Waals surface area contributed by atoms with Crippen LogP contribution in [0.1, 0.15) is 79.4 Å². The van der Waals surface area contributed by atoms with Crippen LogP contribution < -0.4 is 16.0 Å². The van der Waals surface area contributed by atoms with E-state index in [9.17, 15) is 24.3 Å². The van der Waals surface area contributed by atoms with Crippen molar-refractivity contribution in [2.75, 3.05) is 18.4 Å². The van der Waals surface area contributed by atoms with Gasteiger partial charge in [-0.25, -0.2) is 4.79 Å². The number of alkyl carbamates (subject to hydrolysis) is 1. The van der Waals surface area contributed by atoms with Gasteiger partial charge < -0.3 is 25.8 Å². The summed E-state index contributed by atoms with van der Waals surface area (Å²) in [5.41, 5.74) is 3.36. The van der Waals surface area contributed by atoms with Gasteiger partial charge in [0, 0.05) is 30.8 Å². The number of carboxylic acid groups (broad SMARTS) is 1. The third-order valence-electron chi connectivity index (χ3n) is 6.20. The van der Waals surface area contributed by atoms with Crippen molar-refractivity contribution in [1.29, 1.82) is 0 Å². The Kier molecular flexibility index (Phi) is 9.87. The number of fused-ring (bicyclic) bond motifs is 1. The number of unbranched alkanes of at least 4 members (excludes halogenated alkanes) is 1. The van der Waals surface area contributed by atoms with E-state index in [1.807, 2.05) is 18.2 Å². The van der Waals surface area contributed by atoms with E-state index in [0.29, 0.717) is 36.2 Å². The smallest absolute Gasteiger partial charge is 0.407 e. The molecule has 9 heteroatoms. The Morgan fingerprint density at radius 1 is 0.974 bits per heavy atom. The number of carbonyl (C=O) groups excluding carboxylic acids is 3. The van der Waals surface area contributed by atoms with E-state index in [1.165, 1.54) is 11.1 Å². The Morgan fingerprint density at radius 2 is 1.74 bits per heavy atom. The van der Waals surface area contributed by atoms with Crippen LogP contribution in [-0.2, 0) is 27.2 Å². The number of nitrogens with one attached hydrogen (secondary N) is 3. The summed E-state index contributed by atoms with van der Waals surface area (Å²) in [5, 5.41) is 17.9. The summed E-state index contributed by atoms with van der Waals surface area (Å²) < 4.78 is 5.16. The monoisotopic (exact) mass is 523 g/mol. The molecule has 1 aliphatic rings. The van der Waals surface area contributed by atoms with Crippen LogP contribution in [-0.4, -0.2) is 47.7 Å². The summed E-state index contributed by atoms with van der Waals surface area (Å²) >= 11 is 0. The van der Waals surface area contributed by atoms with Gasteiger partial charge in [0.25, 0.3) is 5.91 Å². The Hall–Kier alpha value is -3.88. The van der Waals surface area contributed by atoms with Gasteiger partial charge in [-0.15, -0.1) is 0 Å². The Balaban J connectivity index is 1.45. The molecule has 0 saturated carbocycles. The van der Waals surface area contributed by atoms with Crippen LogP contribution in [0.25, 0.3) is 0 Å². The number of carboxylic acids is 1. The minimum Gasteiger partial charge on any atom is -0.481 e. The number of benzene rings is 2. The quantitative estimate of drug-likeness (QED) is 0.323. The molecule has 204 valence electrons. The minimum absolute atomic E-state index is 0.0408. The molecule has 2 aromatic rings. The molecule has 0 aliphatic heterocycles. The zero-order chi connectivity index (χ0) is 27.7. The maximum absolute atomic E-state index is 12.8. The lowest BCUT2D eigenvalue weighted by molar-refractivity contribution is -0.138. The average Bonchev–Trinajstić information content (AvgIpc) is 3.31. The fraction of sp³-hybridized carbons (Fsp3) is 0.448. The summed E-state index contributed by atoms with van der Waals surface area (Å²) in [5.74, 6) is -2.47. The summed E-state index contributed by atoms with van der Waals surface area (Å²) in [6.07, 6.45) is 3.99. The maximum atomic E-state index is 12.8. The van der Waals surface area contributed by atoms with E-state index in [4.69, 9.17) is 4.74 Å². The fourth-order valence-corrected chi connectivity index (χ4v) is 4.33. The molecule has 0 saturated heterocycles. The Bertz CT molecular complexity index is 1170. The second-order valence-corrected chi connectivity index (χ2v) is 10.5. The Morgan fingerprint density at radius 3 is 2.47 bits per heavy atom. The molecule has 0 spiro atoms. The second kappa shape index (κ2) is 13.1. The summed E-state index contributed by atoms with van der Waals surface area (Å²) in [6.45, 7) is 5.73. The summed E-state index contributed by atoms with van der Waals surface area (Å²) in [6, 6.07) is 12.3. The molecule has 1 unspecified atom stereocenters. The van der Waals surface area contributed by atoms with Crippen LogP contribution in [0.4, 0.5) is 10.5 Å². The van der Waals surface area contributed by atoms with Crippen LogP contribution in [0.2, 0.25) is 0 Å². The SMILES string of the molecule is CC(C)(C)OC(=O)NCCCCC(=O)Nc1cccc(C(=O)NCC(C(=O)O)c2ccc3c(c2)CCC3)c1. The first kappa shape index (κ1) is 28.7. The molecule has 3 rings (SSSR count). The van der Waals surface area contributed by atoms with E-state index >= 15 is 0 Å². The molecule has 2 aromatic carbocycles. The third kappa shape index (κ3) is 8.90. The first-order chi connectivity index (χ1) is 18.0. The van der Waals surface area contributed by atoms with E-state index in [0.717, 1.165) is 19.3 Å². The van der Waals surface area contributed by atoms with E-state index < -0.39 is 29.5 Å². The molecular weight excluding hydrogens is 486 g/mol. The highest BCUT2D eigenvalue weighted by molar-refractivity contribution is 5.97. The molecule has 0 heterocycles. The van der Waals surface area contributed by atoms with Crippen molar-refractivity contribution in [3.8, 4) is 0 Å². The van der Waals surface area contributed by atoms with Gasteiger partial charge in [-0.1, -0.05) is 24.3 Å². The van der Waals surface area contributed by atoms with Crippen molar-refractivity contribution in [2.45, 2.75) is 70.8 Å². The number of ether oxygens (including phenoxy) is 1. The molecule has 3 amide bonds. The molecule has 0 fully saturated rings. The zero-order valence-corrected chi connectivity index (χ0v) is 22.3. The number of aryl methyl sites for hydroxylation is 2. The molecule has 0 bridgehead atoms. The van der Waals surface area contributed by atoms with Crippen molar-refractivity contribution in [3.05, 3.63) is 64.7 Å². The first-order valence-electron chi connectivity index (χ1n) is 13.0. The molecule has 1 atom stereocenters. The average molecular weight is 524 g/mol. The predicted molar refractivity (Wildman–Crippen MR) is 144 cm³/mol. The van der Waals surface area contributed by atoms with Crippen molar-refractivity contribution in [3.63, 3.8) is 0 Å². The normalized spacial score (nSPS) is 13.2. The number of carbonyl (C=O) groups is 4. The number of anilines is 1. The Labute approximate surface area is 223 Å². The van der Waals surface area contributed by atoms with Crippen LogP contribution >= 0.6 is 0 Å². The van der Waals surface area contributed by atoms with Gasteiger partial charge in [-0.3, -0.25) is 14.4 Å². The largest absolute Gasteiger partial charge is 0.481 e. The number of aliphatic carboxylic acids is 1.